The van der Waals surface area contributed by atoms with Gasteiger partial charge in [-0.05, 0) is 24.8 Å². The number of carbonyl (C=O) groups is 1. The molecule has 1 fully saturated rings. The van der Waals surface area contributed by atoms with E-state index < -0.39 is 4.92 Å². The smallest absolute Gasteiger partial charge is 0.285 e. The number of nitrogens with zero attached hydrogens (tertiary/aromatic N) is 2. The lowest BCUT2D eigenvalue weighted by atomic mass is 10.1. The second-order valence-corrected chi connectivity index (χ2v) is 5.03. The molecular weight excluding hydrogens is 276 g/mol. The van der Waals surface area contributed by atoms with Crippen molar-refractivity contribution in [1.82, 2.24) is 4.90 Å². The monoisotopic (exact) mass is 294 g/mol. The number of nitro groups is 1. The highest BCUT2D eigenvalue weighted by Crippen LogP contribution is 2.31. The maximum absolute atomic E-state index is 12.6. The fraction of sp³-hybridized carbons (Fsp3) is 0.500. The first-order valence-corrected chi connectivity index (χ1v) is 6.80. The van der Waals surface area contributed by atoms with Crippen molar-refractivity contribution in [3.63, 3.8) is 0 Å². The number of hydrogen-bond donors (Lipinski definition) is 1. The summed E-state index contributed by atoms with van der Waals surface area (Å²) in [6.45, 7) is 1.13. The van der Waals surface area contributed by atoms with Crippen LogP contribution in [0.5, 0.6) is 5.75 Å². The van der Waals surface area contributed by atoms with Crippen LogP contribution in [0.1, 0.15) is 23.2 Å². The van der Waals surface area contributed by atoms with Crippen LogP contribution in [-0.4, -0.2) is 47.6 Å². The Morgan fingerprint density at radius 3 is 2.95 bits per heavy atom. The Morgan fingerprint density at radius 2 is 2.33 bits per heavy atom. The lowest BCUT2D eigenvalue weighted by molar-refractivity contribution is -0.385. The molecule has 1 aliphatic rings. The Bertz CT molecular complexity index is 546. The highest BCUT2D eigenvalue weighted by atomic mass is 16.6. The molecule has 1 heterocycles. The van der Waals surface area contributed by atoms with Gasteiger partial charge >= 0.3 is 0 Å². The quantitative estimate of drug-likeness (QED) is 0.655. The van der Waals surface area contributed by atoms with E-state index in [0.29, 0.717) is 19.5 Å². The summed E-state index contributed by atoms with van der Waals surface area (Å²) in [7, 11) is 1.38. The maximum atomic E-state index is 12.6. The number of benzene rings is 1. The number of rotatable bonds is 5. The zero-order valence-electron chi connectivity index (χ0n) is 11.8. The fourth-order valence-electron chi connectivity index (χ4n) is 2.65. The van der Waals surface area contributed by atoms with Crippen molar-refractivity contribution >= 4 is 11.6 Å². The number of hydrogen-bond acceptors (Lipinski definition) is 5. The molecule has 2 rings (SSSR count). The lowest BCUT2D eigenvalue weighted by Crippen LogP contribution is -2.29. The summed E-state index contributed by atoms with van der Waals surface area (Å²) < 4.78 is 5.10. The van der Waals surface area contributed by atoms with Crippen LogP contribution in [0.25, 0.3) is 0 Å². The first-order valence-electron chi connectivity index (χ1n) is 6.80. The Kier molecular flexibility index (Phi) is 4.74. The van der Waals surface area contributed by atoms with Gasteiger partial charge < -0.3 is 14.7 Å². The normalized spacial score (nSPS) is 17.8. The Balaban J connectivity index is 2.29. The molecule has 0 saturated carbocycles. The van der Waals surface area contributed by atoms with Crippen molar-refractivity contribution in [2.45, 2.75) is 12.8 Å². The largest absolute Gasteiger partial charge is 0.496 e. The molecule has 1 saturated heterocycles. The van der Waals surface area contributed by atoms with Crippen molar-refractivity contribution in [3.8, 4) is 5.75 Å². The minimum atomic E-state index is -0.572. The van der Waals surface area contributed by atoms with Gasteiger partial charge in [0, 0.05) is 25.8 Å². The van der Waals surface area contributed by atoms with Gasteiger partial charge in [-0.25, -0.2) is 0 Å². The molecule has 0 bridgehead atoms. The molecule has 1 atom stereocenters. The van der Waals surface area contributed by atoms with E-state index in [1.807, 2.05) is 0 Å². The second-order valence-electron chi connectivity index (χ2n) is 5.03. The number of nitro benzene ring substituents is 1. The van der Waals surface area contributed by atoms with Crippen LogP contribution in [0.3, 0.4) is 0 Å². The standard InChI is InChI=1S/C14H18N2O5/c1-21-12-4-2-3-11(16(19)20)13(12)14(18)15-7-5-10(9-15)6-8-17/h2-4,10,17H,5-9H2,1H3. The van der Waals surface area contributed by atoms with E-state index in [0.717, 1.165) is 6.42 Å². The highest BCUT2D eigenvalue weighted by molar-refractivity contribution is 6.01. The van der Waals surface area contributed by atoms with Crippen LogP contribution in [0.4, 0.5) is 5.69 Å². The molecule has 114 valence electrons. The predicted molar refractivity (Wildman–Crippen MR) is 75.4 cm³/mol. The summed E-state index contributed by atoms with van der Waals surface area (Å²) in [6.07, 6.45) is 1.44. The predicted octanol–water partition coefficient (Wildman–Crippen LogP) is 1.45. The first kappa shape index (κ1) is 15.2. The number of aliphatic hydroxyl groups is 1. The van der Waals surface area contributed by atoms with Gasteiger partial charge in [-0.1, -0.05) is 6.07 Å². The average Bonchev–Trinajstić information content (AvgIpc) is 2.94. The van der Waals surface area contributed by atoms with E-state index in [4.69, 9.17) is 9.84 Å². The van der Waals surface area contributed by atoms with Gasteiger partial charge in [-0.3, -0.25) is 14.9 Å². The number of methoxy groups -OCH3 is 1. The summed E-state index contributed by atoms with van der Waals surface area (Å²) in [5, 5.41) is 20.1. The average molecular weight is 294 g/mol. The van der Waals surface area contributed by atoms with Crippen molar-refractivity contribution in [1.29, 1.82) is 0 Å². The maximum Gasteiger partial charge on any atom is 0.285 e. The molecule has 0 radical (unpaired) electrons. The number of carbonyl (C=O) groups excluding carboxylic acids is 1. The van der Waals surface area contributed by atoms with Crippen molar-refractivity contribution in [3.05, 3.63) is 33.9 Å². The third-order valence-electron chi connectivity index (χ3n) is 3.75. The molecule has 1 amide bonds. The third kappa shape index (κ3) is 3.13. The Labute approximate surface area is 122 Å². The van der Waals surface area contributed by atoms with Gasteiger partial charge in [0.05, 0.1) is 12.0 Å². The van der Waals surface area contributed by atoms with Gasteiger partial charge in [0.1, 0.15) is 5.75 Å². The molecule has 1 aliphatic heterocycles. The van der Waals surface area contributed by atoms with Gasteiger partial charge in [-0.2, -0.15) is 0 Å². The van der Waals surface area contributed by atoms with E-state index in [2.05, 4.69) is 0 Å². The number of ether oxygens (including phenoxy) is 1. The molecular formula is C14H18N2O5. The van der Waals surface area contributed by atoms with Crippen LogP contribution in [0.2, 0.25) is 0 Å². The van der Waals surface area contributed by atoms with E-state index >= 15 is 0 Å². The molecule has 7 heteroatoms. The Morgan fingerprint density at radius 1 is 1.57 bits per heavy atom. The van der Waals surface area contributed by atoms with Gasteiger partial charge in [-0.15, -0.1) is 0 Å². The molecule has 1 N–H and O–H groups in total. The van der Waals surface area contributed by atoms with E-state index in [9.17, 15) is 14.9 Å². The topological polar surface area (TPSA) is 92.9 Å². The van der Waals surface area contributed by atoms with E-state index in [1.165, 1.54) is 19.2 Å². The number of likely N-dealkylation sites (tertiary alicyclic amines) is 1. The summed E-state index contributed by atoms with van der Waals surface area (Å²) >= 11 is 0. The molecule has 0 aromatic heterocycles. The summed E-state index contributed by atoms with van der Waals surface area (Å²) in [6, 6.07) is 4.34. The highest BCUT2D eigenvalue weighted by Gasteiger charge is 2.32. The molecule has 0 aliphatic carbocycles. The van der Waals surface area contributed by atoms with E-state index in [1.54, 1.807) is 11.0 Å². The molecule has 21 heavy (non-hydrogen) atoms. The van der Waals surface area contributed by atoms with Crippen LogP contribution < -0.4 is 4.74 Å². The number of aliphatic hydroxyl groups excluding tert-OH is 1. The lowest BCUT2D eigenvalue weighted by Gasteiger charge is -2.18. The molecule has 1 unspecified atom stereocenters. The van der Waals surface area contributed by atoms with Crippen molar-refractivity contribution in [2.24, 2.45) is 5.92 Å². The second kappa shape index (κ2) is 6.53. The summed E-state index contributed by atoms with van der Waals surface area (Å²) in [5.41, 5.74) is -0.250. The molecule has 0 spiro atoms. The molecule has 7 nitrogen and oxygen atoms in total. The van der Waals surface area contributed by atoms with Gasteiger partial charge in [0.25, 0.3) is 11.6 Å². The summed E-state index contributed by atoms with van der Waals surface area (Å²) in [4.78, 5) is 24.7. The van der Waals surface area contributed by atoms with Gasteiger partial charge in [0.2, 0.25) is 0 Å². The first-order chi connectivity index (χ1) is 10.1. The fourth-order valence-corrected chi connectivity index (χ4v) is 2.65. The molecule has 1 aromatic rings. The zero-order valence-corrected chi connectivity index (χ0v) is 11.8. The minimum Gasteiger partial charge on any atom is -0.496 e. The van der Waals surface area contributed by atoms with Crippen LogP contribution in [0.15, 0.2) is 18.2 Å². The molecule has 1 aromatic carbocycles. The van der Waals surface area contributed by atoms with Crippen molar-refractivity contribution in [2.75, 3.05) is 26.8 Å². The Hall–Kier alpha value is -2.15. The van der Waals surface area contributed by atoms with Crippen LogP contribution >= 0.6 is 0 Å². The van der Waals surface area contributed by atoms with Crippen molar-refractivity contribution < 1.29 is 19.6 Å². The zero-order chi connectivity index (χ0) is 15.4. The summed E-state index contributed by atoms with van der Waals surface area (Å²) in [5.74, 6) is 0.0621. The third-order valence-corrected chi connectivity index (χ3v) is 3.75. The minimum absolute atomic E-state index is 0.00496. The number of amides is 1. The van der Waals surface area contributed by atoms with Crippen LogP contribution in [-0.2, 0) is 0 Å². The van der Waals surface area contributed by atoms with E-state index in [-0.39, 0.29) is 35.4 Å². The van der Waals surface area contributed by atoms with Crippen LogP contribution in [0, 0.1) is 16.0 Å². The SMILES string of the molecule is COc1cccc([N+](=O)[O-])c1C(=O)N1CCC(CCO)C1. The van der Waals surface area contributed by atoms with Gasteiger partial charge in [0.15, 0.2) is 5.56 Å².